The first kappa shape index (κ1) is 18.2. The number of hydrogen-bond acceptors (Lipinski definition) is 3. The molecule has 4 rings (SSSR count). The van der Waals surface area contributed by atoms with E-state index in [0.29, 0.717) is 11.5 Å². The second-order valence-corrected chi connectivity index (χ2v) is 8.91. The molecule has 2 aromatic rings. The summed E-state index contributed by atoms with van der Waals surface area (Å²) in [6.07, 6.45) is 5.17. The van der Waals surface area contributed by atoms with Crippen molar-refractivity contribution in [3.8, 4) is 0 Å². The number of anilines is 1. The van der Waals surface area contributed by atoms with Crippen molar-refractivity contribution in [2.45, 2.75) is 46.0 Å². The SMILES string of the molecule is Cc1ccccc1C(=O)Nc1sc2c(c1C(=O)N1CCC(C)CC1)CCC2. The summed E-state index contributed by atoms with van der Waals surface area (Å²) >= 11 is 1.59. The van der Waals surface area contributed by atoms with Gasteiger partial charge in [0.15, 0.2) is 0 Å². The summed E-state index contributed by atoms with van der Waals surface area (Å²) in [5.74, 6) is 0.651. The van der Waals surface area contributed by atoms with E-state index in [1.807, 2.05) is 36.1 Å². The van der Waals surface area contributed by atoms with Crippen LogP contribution in [0, 0.1) is 12.8 Å². The zero-order chi connectivity index (χ0) is 19.0. The van der Waals surface area contributed by atoms with Crippen molar-refractivity contribution in [1.29, 1.82) is 0 Å². The third-order valence-electron chi connectivity index (χ3n) is 5.82. The lowest BCUT2D eigenvalue weighted by Crippen LogP contribution is -2.38. The number of amides is 2. The Bertz CT molecular complexity index is 878. The lowest BCUT2D eigenvalue weighted by atomic mass is 9.98. The number of rotatable bonds is 3. The van der Waals surface area contributed by atoms with Crippen molar-refractivity contribution in [3.05, 3.63) is 51.4 Å². The summed E-state index contributed by atoms with van der Waals surface area (Å²) in [4.78, 5) is 29.4. The molecule has 2 heterocycles. The lowest BCUT2D eigenvalue weighted by molar-refractivity contribution is 0.0698. The van der Waals surface area contributed by atoms with Crippen LogP contribution >= 0.6 is 11.3 Å². The Morgan fingerprint density at radius 1 is 1.15 bits per heavy atom. The number of hydrogen-bond donors (Lipinski definition) is 1. The number of carbonyl (C=O) groups is 2. The molecule has 0 bridgehead atoms. The summed E-state index contributed by atoms with van der Waals surface area (Å²) < 4.78 is 0. The summed E-state index contributed by atoms with van der Waals surface area (Å²) in [7, 11) is 0. The molecule has 5 heteroatoms. The normalized spacial score (nSPS) is 17.0. The van der Waals surface area contributed by atoms with Gasteiger partial charge in [-0.25, -0.2) is 0 Å². The Morgan fingerprint density at radius 3 is 2.63 bits per heavy atom. The van der Waals surface area contributed by atoms with E-state index in [1.54, 1.807) is 11.3 Å². The van der Waals surface area contributed by atoms with Crippen molar-refractivity contribution < 1.29 is 9.59 Å². The number of nitrogens with zero attached hydrogens (tertiary/aromatic N) is 1. The van der Waals surface area contributed by atoms with Gasteiger partial charge in [0.05, 0.1) is 5.56 Å². The molecule has 1 N–H and O–H groups in total. The average Bonchev–Trinajstić information content (AvgIpc) is 3.23. The Balaban J connectivity index is 1.63. The quantitative estimate of drug-likeness (QED) is 0.839. The molecule has 142 valence electrons. The summed E-state index contributed by atoms with van der Waals surface area (Å²) in [5.41, 5.74) is 3.53. The Kier molecular flexibility index (Phi) is 5.04. The second kappa shape index (κ2) is 7.47. The highest BCUT2D eigenvalue weighted by atomic mass is 32.1. The van der Waals surface area contributed by atoms with E-state index in [2.05, 4.69) is 12.2 Å². The van der Waals surface area contributed by atoms with Gasteiger partial charge in [0.1, 0.15) is 5.00 Å². The van der Waals surface area contributed by atoms with Crippen molar-refractivity contribution in [2.75, 3.05) is 18.4 Å². The fraction of sp³-hybridized carbons (Fsp3) is 0.455. The van der Waals surface area contributed by atoms with Crippen LogP contribution in [0.5, 0.6) is 0 Å². The fourth-order valence-corrected chi connectivity index (χ4v) is 5.36. The highest BCUT2D eigenvalue weighted by molar-refractivity contribution is 7.17. The van der Waals surface area contributed by atoms with Crippen LogP contribution in [0.2, 0.25) is 0 Å². The van der Waals surface area contributed by atoms with E-state index >= 15 is 0 Å². The van der Waals surface area contributed by atoms with Gasteiger partial charge < -0.3 is 10.2 Å². The molecule has 1 aromatic carbocycles. The van der Waals surface area contributed by atoms with Crippen LogP contribution in [0.25, 0.3) is 0 Å². The van der Waals surface area contributed by atoms with Crippen LogP contribution in [0.3, 0.4) is 0 Å². The zero-order valence-corrected chi connectivity index (χ0v) is 16.8. The molecule has 1 saturated heterocycles. The Labute approximate surface area is 164 Å². The minimum atomic E-state index is -0.130. The topological polar surface area (TPSA) is 49.4 Å². The van der Waals surface area contributed by atoms with Crippen LogP contribution in [-0.4, -0.2) is 29.8 Å². The molecule has 1 fully saturated rings. The maximum absolute atomic E-state index is 13.3. The van der Waals surface area contributed by atoms with E-state index in [4.69, 9.17) is 0 Å². The second-order valence-electron chi connectivity index (χ2n) is 7.81. The molecule has 0 spiro atoms. The minimum absolute atomic E-state index is 0.0985. The predicted molar refractivity (Wildman–Crippen MR) is 110 cm³/mol. The van der Waals surface area contributed by atoms with Gasteiger partial charge in [-0.15, -0.1) is 11.3 Å². The molecule has 2 amide bonds. The number of carbonyl (C=O) groups excluding carboxylic acids is 2. The molecule has 0 radical (unpaired) electrons. The standard InChI is InChI=1S/C22H26N2O2S/c1-14-10-12-24(13-11-14)22(26)19-17-8-5-9-18(17)27-21(19)23-20(25)16-7-4-3-6-15(16)2/h3-4,6-7,14H,5,8-13H2,1-2H3,(H,23,25). The highest BCUT2D eigenvalue weighted by Gasteiger charge is 2.31. The zero-order valence-electron chi connectivity index (χ0n) is 16.0. The van der Waals surface area contributed by atoms with E-state index in [1.165, 1.54) is 10.4 Å². The van der Waals surface area contributed by atoms with Crippen molar-refractivity contribution in [1.82, 2.24) is 4.90 Å². The van der Waals surface area contributed by atoms with Gasteiger partial charge >= 0.3 is 0 Å². The van der Waals surface area contributed by atoms with Gasteiger partial charge in [0, 0.05) is 23.5 Å². The molecule has 0 unspecified atom stereocenters. The molecule has 0 saturated carbocycles. The highest BCUT2D eigenvalue weighted by Crippen LogP contribution is 2.40. The molecule has 27 heavy (non-hydrogen) atoms. The average molecular weight is 383 g/mol. The van der Waals surface area contributed by atoms with Crippen LogP contribution < -0.4 is 5.32 Å². The Hall–Kier alpha value is -2.14. The van der Waals surface area contributed by atoms with Gasteiger partial charge in [-0.3, -0.25) is 9.59 Å². The summed E-state index contributed by atoms with van der Waals surface area (Å²) in [6, 6.07) is 7.57. The van der Waals surface area contributed by atoms with Crippen LogP contribution in [0.4, 0.5) is 5.00 Å². The van der Waals surface area contributed by atoms with Gasteiger partial charge in [0.2, 0.25) is 0 Å². The lowest BCUT2D eigenvalue weighted by Gasteiger charge is -2.30. The third-order valence-corrected chi connectivity index (χ3v) is 7.03. The van der Waals surface area contributed by atoms with Crippen molar-refractivity contribution in [3.63, 3.8) is 0 Å². The minimum Gasteiger partial charge on any atom is -0.339 e. The number of nitrogens with one attached hydrogen (secondary N) is 1. The van der Waals surface area contributed by atoms with Crippen LogP contribution in [0.1, 0.15) is 62.9 Å². The van der Waals surface area contributed by atoms with Crippen molar-refractivity contribution >= 4 is 28.2 Å². The van der Waals surface area contributed by atoms with Gasteiger partial charge in [-0.1, -0.05) is 25.1 Å². The van der Waals surface area contributed by atoms with Crippen LogP contribution in [0.15, 0.2) is 24.3 Å². The first-order valence-electron chi connectivity index (χ1n) is 9.85. The van der Waals surface area contributed by atoms with Gasteiger partial charge in [-0.05, 0) is 62.1 Å². The maximum Gasteiger partial charge on any atom is 0.257 e. The van der Waals surface area contributed by atoms with Gasteiger partial charge in [0.25, 0.3) is 11.8 Å². The van der Waals surface area contributed by atoms with Gasteiger partial charge in [-0.2, -0.15) is 0 Å². The molecule has 2 aliphatic rings. The number of aryl methyl sites for hydroxylation is 2. The first-order valence-corrected chi connectivity index (χ1v) is 10.7. The number of fused-ring (bicyclic) bond motifs is 1. The molecular formula is C22H26N2O2S. The fourth-order valence-electron chi connectivity index (χ4n) is 4.09. The smallest absolute Gasteiger partial charge is 0.257 e. The summed E-state index contributed by atoms with van der Waals surface area (Å²) in [6.45, 7) is 5.81. The first-order chi connectivity index (χ1) is 13.0. The van der Waals surface area contributed by atoms with E-state index in [9.17, 15) is 9.59 Å². The van der Waals surface area contributed by atoms with Crippen LogP contribution in [-0.2, 0) is 12.8 Å². The number of likely N-dealkylation sites (tertiary alicyclic amines) is 1. The van der Waals surface area contributed by atoms with E-state index in [-0.39, 0.29) is 11.8 Å². The molecule has 0 atom stereocenters. The molecule has 4 nitrogen and oxygen atoms in total. The molecule has 1 aromatic heterocycles. The molecule has 1 aliphatic heterocycles. The third kappa shape index (κ3) is 3.53. The van der Waals surface area contributed by atoms with E-state index < -0.39 is 0 Å². The Morgan fingerprint density at radius 2 is 1.89 bits per heavy atom. The van der Waals surface area contributed by atoms with Crippen molar-refractivity contribution in [2.24, 2.45) is 5.92 Å². The maximum atomic E-state index is 13.3. The molecular weight excluding hydrogens is 356 g/mol. The largest absolute Gasteiger partial charge is 0.339 e. The number of thiophene rings is 1. The predicted octanol–water partition coefficient (Wildman–Crippen LogP) is 4.67. The number of benzene rings is 1. The van der Waals surface area contributed by atoms with E-state index in [0.717, 1.165) is 61.3 Å². The summed E-state index contributed by atoms with van der Waals surface area (Å²) in [5, 5.41) is 3.79. The monoisotopic (exact) mass is 382 g/mol. The number of piperidine rings is 1. The molecule has 1 aliphatic carbocycles.